The highest BCUT2D eigenvalue weighted by molar-refractivity contribution is 7.89. The lowest BCUT2D eigenvalue weighted by atomic mass is 9.98. The Labute approximate surface area is 184 Å². The van der Waals surface area contributed by atoms with Crippen molar-refractivity contribution in [3.8, 4) is 5.75 Å². The van der Waals surface area contributed by atoms with E-state index in [-0.39, 0.29) is 42.3 Å². The van der Waals surface area contributed by atoms with Crippen molar-refractivity contribution in [1.29, 1.82) is 0 Å². The van der Waals surface area contributed by atoms with E-state index in [0.717, 1.165) is 6.07 Å². The SMILES string of the molecule is COC(=O)c1ccc(OC(=O)C2CCN(S(=O)(=O)c3cc([N+](=O)[O-])ccc3C)CC2)cc1. The van der Waals surface area contributed by atoms with Crippen molar-refractivity contribution in [2.75, 3.05) is 20.2 Å². The first-order chi connectivity index (χ1) is 15.1. The second kappa shape index (κ2) is 9.45. The topological polar surface area (TPSA) is 133 Å². The molecule has 3 rings (SSSR count). The van der Waals surface area contributed by atoms with Gasteiger partial charge in [-0.2, -0.15) is 4.31 Å². The molecule has 2 aromatic carbocycles. The Kier molecular flexibility index (Phi) is 6.90. The molecule has 11 heteroatoms. The molecule has 170 valence electrons. The van der Waals surface area contributed by atoms with Crippen LogP contribution in [0.25, 0.3) is 0 Å². The maximum absolute atomic E-state index is 13.0. The van der Waals surface area contributed by atoms with Gasteiger partial charge in [0.25, 0.3) is 5.69 Å². The largest absolute Gasteiger partial charge is 0.465 e. The lowest BCUT2D eigenvalue weighted by Gasteiger charge is -2.30. The molecule has 0 bridgehead atoms. The molecule has 1 heterocycles. The van der Waals surface area contributed by atoms with Crippen LogP contribution in [-0.4, -0.2) is 49.8 Å². The summed E-state index contributed by atoms with van der Waals surface area (Å²) in [6.45, 7) is 1.75. The molecule has 0 spiro atoms. The van der Waals surface area contributed by atoms with Crippen LogP contribution >= 0.6 is 0 Å². The molecule has 0 amide bonds. The third-order valence-electron chi connectivity index (χ3n) is 5.28. The van der Waals surface area contributed by atoms with E-state index in [1.54, 1.807) is 6.92 Å². The number of ether oxygens (including phenoxy) is 2. The van der Waals surface area contributed by atoms with Gasteiger partial charge in [0.2, 0.25) is 10.0 Å². The standard InChI is InChI=1S/C21H22N2O8S/c1-14-3-6-17(23(26)27)13-19(14)32(28,29)22-11-9-16(10-12-22)21(25)31-18-7-4-15(5-8-18)20(24)30-2/h3-8,13,16H,9-12H2,1-2H3. The molecule has 0 unspecified atom stereocenters. The van der Waals surface area contributed by atoms with Crippen LogP contribution in [0.4, 0.5) is 5.69 Å². The second-order valence-electron chi connectivity index (χ2n) is 7.32. The number of esters is 2. The smallest absolute Gasteiger partial charge is 0.337 e. The highest BCUT2D eigenvalue weighted by Crippen LogP contribution is 2.29. The summed E-state index contributed by atoms with van der Waals surface area (Å²) >= 11 is 0. The van der Waals surface area contributed by atoms with Gasteiger partial charge in [0.05, 0.1) is 28.4 Å². The summed E-state index contributed by atoms with van der Waals surface area (Å²) in [6, 6.07) is 9.64. The Morgan fingerprint density at radius 1 is 1.09 bits per heavy atom. The molecule has 0 aromatic heterocycles. The average molecular weight is 462 g/mol. The van der Waals surface area contributed by atoms with Gasteiger partial charge in [-0.05, 0) is 49.6 Å². The zero-order valence-electron chi connectivity index (χ0n) is 17.5. The number of aryl methyl sites for hydroxylation is 1. The van der Waals surface area contributed by atoms with Crippen molar-refractivity contribution in [3.63, 3.8) is 0 Å². The molecular weight excluding hydrogens is 440 g/mol. The van der Waals surface area contributed by atoms with Crippen molar-refractivity contribution in [2.45, 2.75) is 24.7 Å². The van der Waals surface area contributed by atoms with Crippen molar-refractivity contribution in [3.05, 3.63) is 63.7 Å². The number of non-ortho nitro benzene ring substituents is 1. The zero-order valence-corrected chi connectivity index (χ0v) is 18.3. The highest BCUT2D eigenvalue weighted by Gasteiger charge is 2.34. The van der Waals surface area contributed by atoms with Crippen molar-refractivity contribution < 1.29 is 32.4 Å². The van der Waals surface area contributed by atoms with Crippen molar-refractivity contribution in [2.24, 2.45) is 5.92 Å². The zero-order chi connectivity index (χ0) is 23.5. The van der Waals surface area contributed by atoms with Gasteiger partial charge in [-0.25, -0.2) is 13.2 Å². The summed E-state index contributed by atoms with van der Waals surface area (Å²) in [7, 11) is -2.67. The van der Waals surface area contributed by atoms with Crippen LogP contribution in [0.1, 0.15) is 28.8 Å². The first kappa shape index (κ1) is 23.4. The van der Waals surface area contributed by atoms with Crippen LogP contribution in [-0.2, 0) is 19.6 Å². The van der Waals surface area contributed by atoms with Gasteiger partial charge in [-0.1, -0.05) is 6.07 Å². The van der Waals surface area contributed by atoms with Crippen LogP contribution < -0.4 is 4.74 Å². The third-order valence-corrected chi connectivity index (χ3v) is 7.32. The van der Waals surface area contributed by atoms with Crippen LogP contribution in [0.2, 0.25) is 0 Å². The second-order valence-corrected chi connectivity index (χ2v) is 9.23. The van der Waals surface area contributed by atoms with Gasteiger partial charge in [0.1, 0.15) is 5.75 Å². The van der Waals surface area contributed by atoms with Crippen LogP contribution in [0.5, 0.6) is 5.75 Å². The van der Waals surface area contributed by atoms with Gasteiger partial charge in [0, 0.05) is 25.2 Å². The molecule has 1 aliphatic rings. The summed E-state index contributed by atoms with van der Waals surface area (Å²) in [5, 5.41) is 11.0. The van der Waals surface area contributed by atoms with Gasteiger partial charge in [0.15, 0.2) is 0 Å². The summed E-state index contributed by atoms with van der Waals surface area (Å²) in [6.07, 6.45) is 0.512. The molecule has 0 N–H and O–H groups in total. The lowest BCUT2D eigenvalue weighted by Crippen LogP contribution is -2.41. The Morgan fingerprint density at radius 2 is 1.72 bits per heavy atom. The summed E-state index contributed by atoms with van der Waals surface area (Å²) in [5.41, 5.74) is 0.431. The quantitative estimate of drug-likeness (QED) is 0.277. The minimum Gasteiger partial charge on any atom is -0.465 e. The van der Waals surface area contributed by atoms with Gasteiger partial charge < -0.3 is 9.47 Å². The van der Waals surface area contributed by atoms with E-state index in [9.17, 15) is 28.1 Å². The number of sulfonamides is 1. The number of rotatable bonds is 6. The Hall–Kier alpha value is -3.31. The number of benzene rings is 2. The van der Waals surface area contributed by atoms with Gasteiger partial charge in [-0.3, -0.25) is 14.9 Å². The number of carbonyl (C=O) groups excluding carboxylic acids is 2. The molecule has 0 radical (unpaired) electrons. The predicted octanol–water partition coefficient (Wildman–Crippen LogP) is 2.70. The van der Waals surface area contributed by atoms with E-state index in [1.165, 1.54) is 47.8 Å². The van der Waals surface area contributed by atoms with Crippen LogP contribution in [0.3, 0.4) is 0 Å². The molecule has 1 aliphatic heterocycles. The summed E-state index contributed by atoms with van der Waals surface area (Å²) in [5.74, 6) is -1.22. The average Bonchev–Trinajstić information content (AvgIpc) is 2.79. The first-order valence-electron chi connectivity index (χ1n) is 9.78. The maximum atomic E-state index is 13.0. The molecular formula is C21H22N2O8S. The van der Waals surface area contributed by atoms with E-state index in [0.29, 0.717) is 11.1 Å². The van der Waals surface area contributed by atoms with E-state index >= 15 is 0 Å². The Bertz CT molecular complexity index is 1140. The van der Waals surface area contributed by atoms with Crippen molar-refractivity contribution in [1.82, 2.24) is 4.31 Å². The lowest BCUT2D eigenvalue weighted by molar-refractivity contribution is -0.385. The number of nitrogens with zero attached hydrogens (tertiary/aromatic N) is 2. The fourth-order valence-electron chi connectivity index (χ4n) is 3.43. The molecule has 0 atom stereocenters. The summed E-state index contributed by atoms with van der Waals surface area (Å²) < 4.78 is 37.2. The van der Waals surface area contributed by atoms with Crippen molar-refractivity contribution >= 4 is 27.6 Å². The molecule has 32 heavy (non-hydrogen) atoms. The number of carbonyl (C=O) groups is 2. The number of nitro groups is 1. The van der Waals surface area contributed by atoms with Crippen LogP contribution in [0.15, 0.2) is 47.4 Å². The Morgan fingerprint density at radius 3 is 2.28 bits per heavy atom. The maximum Gasteiger partial charge on any atom is 0.337 e. The van der Waals surface area contributed by atoms with E-state index in [4.69, 9.17) is 4.74 Å². The number of hydrogen-bond donors (Lipinski definition) is 0. The molecule has 0 aliphatic carbocycles. The highest BCUT2D eigenvalue weighted by atomic mass is 32.2. The number of methoxy groups -OCH3 is 1. The normalized spacial score (nSPS) is 15.2. The predicted molar refractivity (Wildman–Crippen MR) is 113 cm³/mol. The fraction of sp³-hybridized carbons (Fsp3) is 0.333. The van der Waals surface area contributed by atoms with Gasteiger partial charge in [-0.15, -0.1) is 0 Å². The molecule has 0 saturated carbocycles. The first-order valence-corrected chi connectivity index (χ1v) is 11.2. The summed E-state index contributed by atoms with van der Waals surface area (Å²) in [4.78, 5) is 34.2. The monoisotopic (exact) mass is 462 g/mol. The minimum absolute atomic E-state index is 0.0888. The van der Waals surface area contributed by atoms with E-state index in [2.05, 4.69) is 4.74 Å². The molecule has 10 nitrogen and oxygen atoms in total. The number of hydrogen-bond acceptors (Lipinski definition) is 8. The molecule has 1 saturated heterocycles. The van der Waals surface area contributed by atoms with Gasteiger partial charge >= 0.3 is 11.9 Å². The number of piperidine rings is 1. The fourth-order valence-corrected chi connectivity index (χ4v) is 5.14. The Balaban J connectivity index is 1.64. The number of nitro benzene ring substituents is 1. The third kappa shape index (κ3) is 4.94. The molecule has 1 fully saturated rings. The minimum atomic E-state index is -3.94. The van der Waals surface area contributed by atoms with Crippen LogP contribution in [0, 0.1) is 23.0 Å². The van der Waals surface area contributed by atoms with E-state index < -0.39 is 32.8 Å². The van der Waals surface area contributed by atoms with E-state index in [1.807, 2.05) is 0 Å². The molecule has 2 aromatic rings.